The Balaban J connectivity index is 1.75. The van der Waals surface area contributed by atoms with Gasteiger partial charge in [-0.1, -0.05) is 42.0 Å². The van der Waals surface area contributed by atoms with Crippen molar-refractivity contribution in [3.63, 3.8) is 0 Å². The molecule has 2 aromatic carbocycles. The lowest BCUT2D eigenvalue weighted by Crippen LogP contribution is -2.03. The summed E-state index contributed by atoms with van der Waals surface area (Å²) < 4.78 is 0. The van der Waals surface area contributed by atoms with Crippen molar-refractivity contribution in [2.45, 2.75) is 13.3 Å². The molecule has 0 saturated carbocycles. The molecular formula is C18H16N2OS. The number of carbonyl (C=O) groups excluding carboxylic acids is 1. The van der Waals surface area contributed by atoms with E-state index in [4.69, 9.17) is 5.73 Å². The van der Waals surface area contributed by atoms with Gasteiger partial charge in [0.15, 0.2) is 5.78 Å². The second kappa shape index (κ2) is 6.12. The number of nitrogens with zero attached hydrogens (tertiary/aromatic N) is 1. The van der Waals surface area contributed by atoms with Gasteiger partial charge in [0.25, 0.3) is 0 Å². The highest BCUT2D eigenvalue weighted by Crippen LogP contribution is 2.23. The molecule has 3 rings (SSSR count). The minimum atomic E-state index is 0.0956. The highest BCUT2D eigenvalue weighted by atomic mass is 32.1. The minimum Gasteiger partial charge on any atom is -0.399 e. The van der Waals surface area contributed by atoms with Crippen LogP contribution in [0.4, 0.5) is 5.69 Å². The van der Waals surface area contributed by atoms with Crippen LogP contribution in [0.1, 0.15) is 20.9 Å². The molecule has 2 N–H and O–H groups in total. The standard InChI is InChI=1S/C18H16N2OS/c1-12-2-4-14(5-3-12)17(21)10-18-20-16(11-22-18)13-6-8-15(19)9-7-13/h2-9,11H,10,19H2,1H3. The largest absolute Gasteiger partial charge is 0.399 e. The molecule has 0 aliphatic heterocycles. The van der Waals surface area contributed by atoms with Crippen molar-refractivity contribution in [3.8, 4) is 11.3 Å². The van der Waals surface area contributed by atoms with Gasteiger partial charge in [-0.15, -0.1) is 11.3 Å². The first-order valence-electron chi connectivity index (χ1n) is 7.02. The first-order chi connectivity index (χ1) is 10.6. The van der Waals surface area contributed by atoms with Gasteiger partial charge >= 0.3 is 0 Å². The summed E-state index contributed by atoms with van der Waals surface area (Å²) >= 11 is 1.51. The van der Waals surface area contributed by atoms with Gasteiger partial charge in [-0.2, -0.15) is 0 Å². The van der Waals surface area contributed by atoms with Crippen LogP contribution in [-0.4, -0.2) is 10.8 Å². The molecule has 0 unspecified atom stereocenters. The highest BCUT2D eigenvalue weighted by molar-refractivity contribution is 7.10. The lowest BCUT2D eigenvalue weighted by molar-refractivity contribution is 0.0993. The Morgan fingerprint density at radius 3 is 2.45 bits per heavy atom. The van der Waals surface area contributed by atoms with Crippen molar-refractivity contribution < 1.29 is 4.79 Å². The monoisotopic (exact) mass is 308 g/mol. The van der Waals surface area contributed by atoms with E-state index in [9.17, 15) is 4.79 Å². The summed E-state index contributed by atoms with van der Waals surface area (Å²) in [4.78, 5) is 16.8. The molecular weight excluding hydrogens is 292 g/mol. The molecule has 4 heteroatoms. The van der Waals surface area contributed by atoms with Crippen LogP contribution in [0.5, 0.6) is 0 Å². The van der Waals surface area contributed by atoms with Gasteiger partial charge in [0.05, 0.1) is 12.1 Å². The molecule has 22 heavy (non-hydrogen) atoms. The van der Waals surface area contributed by atoms with E-state index in [2.05, 4.69) is 4.98 Å². The SMILES string of the molecule is Cc1ccc(C(=O)Cc2nc(-c3ccc(N)cc3)cs2)cc1. The van der Waals surface area contributed by atoms with Crippen LogP contribution in [0.15, 0.2) is 53.9 Å². The van der Waals surface area contributed by atoms with E-state index in [1.807, 2.05) is 60.8 Å². The average molecular weight is 308 g/mol. The van der Waals surface area contributed by atoms with E-state index in [0.717, 1.165) is 33.1 Å². The van der Waals surface area contributed by atoms with Crippen LogP contribution in [0.2, 0.25) is 0 Å². The molecule has 0 aliphatic rings. The number of aromatic nitrogens is 1. The van der Waals surface area contributed by atoms with Crippen LogP contribution in [0, 0.1) is 6.92 Å². The van der Waals surface area contributed by atoms with Gasteiger partial charge in [-0.05, 0) is 19.1 Å². The van der Waals surface area contributed by atoms with Gasteiger partial charge in [-0.25, -0.2) is 4.98 Å². The van der Waals surface area contributed by atoms with Crippen molar-refractivity contribution in [2.75, 3.05) is 5.73 Å². The van der Waals surface area contributed by atoms with Gasteiger partial charge in [0.2, 0.25) is 0 Å². The number of benzene rings is 2. The van der Waals surface area contributed by atoms with E-state index in [-0.39, 0.29) is 5.78 Å². The minimum absolute atomic E-state index is 0.0956. The summed E-state index contributed by atoms with van der Waals surface area (Å²) in [5, 5.41) is 2.81. The van der Waals surface area contributed by atoms with Crippen LogP contribution < -0.4 is 5.73 Å². The molecule has 0 aliphatic carbocycles. The molecule has 3 aromatic rings. The Hall–Kier alpha value is -2.46. The number of nitrogen functional groups attached to an aromatic ring is 1. The maximum absolute atomic E-state index is 12.3. The maximum atomic E-state index is 12.3. The van der Waals surface area contributed by atoms with Crippen LogP contribution in [-0.2, 0) is 6.42 Å². The second-order valence-corrected chi connectivity index (χ2v) is 6.16. The number of Topliss-reactive ketones (excluding diaryl/α,β-unsaturated/α-hetero) is 1. The summed E-state index contributed by atoms with van der Waals surface area (Å²) in [6, 6.07) is 15.2. The third-order valence-corrected chi connectivity index (χ3v) is 4.29. The average Bonchev–Trinajstić information content (AvgIpc) is 2.97. The van der Waals surface area contributed by atoms with Crippen LogP contribution in [0.3, 0.4) is 0 Å². The van der Waals surface area contributed by atoms with E-state index < -0.39 is 0 Å². The molecule has 1 heterocycles. The Kier molecular flexibility index (Phi) is 4.02. The number of hydrogen-bond donors (Lipinski definition) is 1. The summed E-state index contributed by atoms with van der Waals surface area (Å²) in [6.45, 7) is 2.01. The molecule has 110 valence electrons. The smallest absolute Gasteiger partial charge is 0.169 e. The van der Waals surface area contributed by atoms with Crippen molar-refractivity contribution in [2.24, 2.45) is 0 Å². The zero-order valence-electron chi connectivity index (χ0n) is 12.2. The molecule has 0 radical (unpaired) electrons. The number of thiazole rings is 1. The number of rotatable bonds is 4. The van der Waals surface area contributed by atoms with Crippen LogP contribution >= 0.6 is 11.3 Å². The number of anilines is 1. The van der Waals surface area contributed by atoms with Gasteiger partial charge in [0.1, 0.15) is 5.01 Å². The number of hydrogen-bond acceptors (Lipinski definition) is 4. The number of carbonyl (C=O) groups is 1. The maximum Gasteiger partial charge on any atom is 0.169 e. The number of aryl methyl sites for hydroxylation is 1. The third-order valence-electron chi connectivity index (χ3n) is 3.44. The van der Waals surface area contributed by atoms with E-state index in [0.29, 0.717) is 6.42 Å². The van der Waals surface area contributed by atoms with Crippen molar-refractivity contribution in [1.29, 1.82) is 0 Å². The first kappa shape index (κ1) is 14.5. The molecule has 0 bridgehead atoms. The fourth-order valence-corrected chi connectivity index (χ4v) is 2.96. The molecule has 1 aromatic heterocycles. The molecule has 0 fully saturated rings. The van der Waals surface area contributed by atoms with E-state index in [1.54, 1.807) is 0 Å². The van der Waals surface area contributed by atoms with E-state index >= 15 is 0 Å². The fraction of sp³-hybridized carbons (Fsp3) is 0.111. The van der Waals surface area contributed by atoms with Crippen molar-refractivity contribution in [1.82, 2.24) is 4.98 Å². The second-order valence-electron chi connectivity index (χ2n) is 5.21. The Morgan fingerprint density at radius 1 is 1.09 bits per heavy atom. The molecule has 0 amide bonds. The number of nitrogens with two attached hydrogens (primary N) is 1. The lowest BCUT2D eigenvalue weighted by atomic mass is 10.1. The molecule has 0 spiro atoms. The van der Waals surface area contributed by atoms with Gasteiger partial charge in [-0.3, -0.25) is 4.79 Å². The summed E-state index contributed by atoms with van der Waals surface area (Å²) in [5.41, 5.74) is 10.2. The van der Waals surface area contributed by atoms with E-state index in [1.165, 1.54) is 11.3 Å². The summed E-state index contributed by atoms with van der Waals surface area (Å²) in [6.07, 6.45) is 0.336. The zero-order chi connectivity index (χ0) is 15.5. The van der Waals surface area contributed by atoms with Crippen molar-refractivity contribution >= 4 is 22.8 Å². The quantitative estimate of drug-likeness (QED) is 0.582. The molecule has 3 nitrogen and oxygen atoms in total. The zero-order valence-corrected chi connectivity index (χ0v) is 13.1. The normalized spacial score (nSPS) is 10.6. The first-order valence-corrected chi connectivity index (χ1v) is 7.90. The fourth-order valence-electron chi connectivity index (χ4n) is 2.16. The highest BCUT2D eigenvalue weighted by Gasteiger charge is 2.11. The Labute approximate surface area is 133 Å². The van der Waals surface area contributed by atoms with Crippen molar-refractivity contribution in [3.05, 3.63) is 70.0 Å². The third kappa shape index (κ3) is 3.23. The summed E-state index contributed by atoms with van der Waals surface area (Å²) in [5.74, 6) is 0.0956. The molecule has 0 saturated heterocycles. The van der Waals surface area contributed by atoms with Gasteiger partial charge < -0.3 is 5.73 Å². The molecule has 0 atom stereocenters. The van der Waals surface area contributed by atoms with Gasteiger partial charge in [0, 0.05) is 22.2 Å². The lowest BCUT2D eigenvalue weighted by Gasteiger charge is -2.00. The predicted molar refractivity (Wildman–Crippen MR) is 91.2 cm³/mol. The predicted octanol–water partition coefficient (Wildman–Crippen LogP) is 4.13. The Morgan fingerprint density at radius 2 is 1.77 bits per heavy atom. The Bertz CT molecular complexity index is 789. The number of ketones is 1. The van der Waals surface area contributed by atoms with Crippen LogP contribution in [0.25, 0.3) is 11.3 Å². The topological polar surface area (TPSA) is 56.0 Å². The summed E-state index contributed by atoms with van der Waals surface area (Å²) in [7, 11) is 0.